The van der Waals surface area contributed by atoms with E-state index in [2.05, 4.69) is 113 Å². The van der Waals surface area contributed by atoms with Crippen molar-refractivity contribution in [2.75, 3.05) is 14.1 Å². The Hall–Kier alpha value is -3.97. The van der Waals surface area contributed by atoms with E-state index in [9.17, 15) is 0 Å². The molecule has 1 saturated carbocycles. The van der Waals surface area contributed by atoms with Gasteiger partial charge < -0.3 is 9.13 Å². The molecule has 7 heteroatoms. The number of hydrogen-bond acceptors (Lipinski definition) is 4. The number of halogens is 1. The molecule has 0 radical (unpaired) electrons. The fourth-order valence-electron chi connectivity index (χ4n) is 9.02. The van der Waals surface area contributed by atoms with Crippen molar-refractivity contribution in [1.82, 2.24) is 28.9 Å². The highest BCUT2D eigenvalue weighted by atomic mass is 35.5. The molecule has 2 unspecified atom stereocenters. The van der Waals surface area contributed by atoms with Crippen LogP contribution in [0.1, 0.15) is 64.7 Å². The number of fused-ring (bicyclic) bond motifs is 6. The van der Waals surface area contributed by atoms with E-state index in [1.54, 1.807) is 0 Å². The van der Waals surface area contributed by atoms with Crippen LogP contribution in [0.25, 0.3) is 21.8 Å². The number of hydrogen-bond donors (Lipinski definition) is 0. The van der Waals surface area contributed by atoms with Crippen molar-refractivity contribution in [2.45, 2.75) is 96.1 Å². The van der Waals surface area contributed by atoms with Crippen LogP contribution in [0.2, 0.25) is 5.02 Å². The van der Waals surface area contributed by atoms with Crippen molar-refractivity contribution in [1.29, 1.82) is 0 Å². The Bertz CT molecular complexity index is 2210. The van der Waals surface area contributed by atoms with E-state index in [0.29, 0.717) is 12.1 Å². The maximum absolute atomic E-state index is 6.47. The summed E-state index contributed by atoms with van der Waals surface area (Å²) < 4.78 is 5.20. The van der Waals surface area contributed by atoms with Gasteiger partial charge in [0.25, 0.3) is 0 Å². The summed E-state index contributed by atoms with van der Waals surface area (Å²) in [6, 6.07) is 23.4. The van der Waals surface area contributed by atoms with Gasteiger partial charge in [0.1, 0.15) is 0 Å². The topological polar surface area (TPSA) is 42.1 Å². The largest absolute Gasteiger partial charge is 0.343 e. The Morgan fingerprint density at radius 3 is 2.32 bits per heavy atom. The van der Waals surface area contributed by atoms with Gasteiger partial charge in [-0.3, -0.25) is 19.8 Å². The van der Waals surface area contributed by atoms with Crippen molar-refractivity contribution < 1.29 is 0 Å². The third-order valence-corrected chi connectivity index (χ3v) is 12.6. The SMILES string of the molecule is Cc1ccc2c(c1)c1c(n2CC2(c3ccncc3)CC2)CN(C)C(Cc2ccc(CCn3c4c(c5cc(Cl)ccc53)CC(C)N(C)C4)cn2)C1. The molecule has 1 aliphatic carbocycles. The minimum absolute atomic E-state index is 0.227. The third-order valence-electron chi connectivity index (χ3n) is 12.4. The van der Waals surface area contributed by atoms with Crippen molar-refractivity contribution in [2.24, 2.45) is 0 Å². The fourth-order valence-corrected chi connectivity index (χ4v) is 9.20. The number of pyridine rings is 2. The minimum atomic E-state index is 0.227. The summed E-state index contributed by atoms with van der Waals surface area (Å²) in [7, 11) is 4.54. The zero-order chi connectivity index (χ0) is 34.1. The maximum Gasteiger partial charge on any atom is 0.0486 e. The average molecular weight is 683 g/mol. The first kappa shape index (κ1) is 32.0. The second kappa shape index (κ2) is 12.4. The lowest BCUT2D eigenvalue weighted by Crippen LogP contribution is -2.40. The lowest BCUT2D eigenvalue weighted by Gasteiger charge is -2.34. The molecular weight excluding hydrogens is 636 g/mol. The Balaban J connectivity index is 0.935. The molecule has 3 aliphatic rings. The van der Waals surface area contributed by atoms with Crippen LogP contribution in [-0.2, 0) is 57.3 Å². The lowest BCUT2D eigenvalue weighted by atomic mass is 9.93. The molecular formula is C43H47ClN6. The van der Waals surface area contributed by atoms with E-state index in [1.165, 1.54) is 79.5 Å². The molecule has 0 amide bonds. The molecule has 50 heavy (non-hydrogen) atoms. The Kier molecular flexibility index (Phi) is 7.91. The monoisotopic (exact) mass is 682 g/mol. The summed E-state index contributed by atoms with van der Waals surface area (Å²) in [6.07, 6.45) is 12.5. The molecule has 9 rings (SSSR count). The molecule has 0 spiro atoms. The molecule has 2 aromatic carbocycles. The first-order valence-electron chi connectivity index (χ1n) is 18.4. The summed E-state index contributed by atoms with van der Waals surface area (Å²) in [5.41, 5.74) is 14.1. The van der Waals surface area contributed by atoms with Crippen LogP contribution < -0.4 is 0 Å². The number of rotatable bonds is 8. The van der Waals surface area contributed by atoms with Crippen LogP contribution >= 0.6 is 11.6 Å². The van der Waals surface area contributed by atoms with Gasteiger partial charge in [-0.2, -0.15) is 0 Å². The van der Waals surface area contributed by atoms with Crippen molar-refractivity contribution in [3.63, 3.8) is 0 Å². The second-order valence-corrected chi connectivity index (χ2v) is 16.1. The van der Waals surface area contributed by atoms with Gasteiger partial charge >= 0.3 is 0 Å². The molecule has 0 bridgehead atoms. The number of aromatic nitrogens is 4. The number of likely N-dealkylation sites (N-methyl/N-ethyl adjacent to an activating group) is 2. The van der Waals surface area contributed by atoms with E-state index < -0.39 is 0 Å². The van der Waals surface area contributed by atoms with E-state index >= 15 is 0 Å². The summed E-state index contributed by atoms with van der Waals surface area (Å²) in [5.74, 6) is 0. The van der Waals surface area contributed by atoms with Gasteiger partial charge in [0.15, 0.2) is 0 Å². The van der Waals surface area contributed by atoms with Crippen LogP contribution in [-0.4, -0.2) is 55.1 Å². The van der Waals surface area contributed by atoms with Crippen molar-refractivity contribution in [3.05, 3.63) is 129 Å². The third kappa shape index (κ3) is 5.57. The molecule has 256 valence electrons. The predicted molar refractivity (Wildman–Crippen MR) is 204 cm³/mol. The minimum Gasteiger partial charge on any atom is -0.343 e. The molecule has 6 aromatic rings. The highest BCUT2D eigenvalue weighted by Gasteiger charge is 2.45. The van der Waals surface area contributed by atoms with Gasteiger partial charge in [-0.1, -0.05) is 29.3 Å². The predicted octanol–water partition coefficient (Wildman–Crippen LogP) is 8.30. The Labute approximate surface area is 300 Å². The van der Waals surface area contributed by atoms with Gasteiger partial charge in [0, 0.05) is 113 Å². The Morgan fingerprint density at radius 2 is 1.54 bits per heavy atom. The molecule has 6 nitrogen and oxygen atoms in total. The van der Waals surface area contributed by atoms with Crippen LogP contribution in [0.3, 0.4) is 0 Å². The summed E-state index contributed by atoms with van der Waals surface area (Å²) >= 11 is 6.47. The van der Waals surface area contributed by atoms with Gasteiger partial charge in [-0.25, -0.2) is 0 Å². The zero-order valence-electron chi connectivity index (χ0n) is 29.8. The molecule has 1 fully saturated rings. The van der Waals surface area contributed by atoms with Crippen molar-refractivity contribution in [3.8, 4) is 0 Å². The van der Waals surface area contributed by atoms with Crippen LogP contribution in [0.15, 0.2) is 79.3 Å². The first-order chi connectivity index (χ1) is 24.3. The normalized spacial score (nSPS) is 20.3. The van der Waals surface area contributed by atoms with Crippen molar-refractivity contribution >= 4 is 33.4 Å². The van der Waals surface area contributed by atoms with Gasteiger partial charge in [-0.05, 0) is 131 Å². The van der Waals surface area contributed by atoms with Crippen LogP contribution in [0, 0.1) is 6.92 Å². The fraction of sp³-hybridized carbons (Fsp3) is 0.395. The highest BCUT2D eigenvalue weighted by molar-refractivity contribution is 6.31. The Morgan fingerprint density at radius 1 is 0.820 bits per heavy atom. The zero-order valence-corrected chi connectivity index (χ0v) is 30.5. The van der Waals surface area contributed by atoms with E-state index in [4.69, 9.17) is 16.6 Å². The second-order valence-electron chi connectivity index (χ2n) is 15.6. The lowest BCUT2D eigenvalue weighted by molar-refractivity contribution is 0.206. The maximum atomic E-state index is 6.47. The van der Waals surface area contributed by atoms with E-state index in [1.807, 2.05) is 18.5 Å². The van der Waals surface area contributed by atoms with Crippen LogP contribution in [0.5, 0.6) is 0 Å². The molecule has 2 aliphatic heterocycles. The number of aryl methyl sites for hydroxylation is 3. The molecule has 4 aromatic heterocycles. The highest BCUT2D eigenvalue weighted by Crippen LogP contribution is 2.51. The molecule has 2 atom stereocenters. The summed E-state index contributed by atoms with van der Waals surface area (Å²) in [5, 5.41) is 3.58. The van der Waals surface area contributed by atoms with Gasteiger partial charge in [0.2, 0.25) is 0 Å². The molecule has 6 heterocycles. The van der Waals surface area contributed by atoms with Gasteiger partial charge in [0.05, 0.1) is 0 Å². The van der Waals surface area contributed by atoms with E-state index in [-0.39, 0.29) is 5.41 Å². The smallest absolute Gasteiger partial charge is 0.0486 e. The average Bonchev–Trinajstić information content (AvgIpc) is 3.79. The number of benzene rings is 2. The molecule has 0 saturated heterocycles. The molecule has 0 N–H and O–H groups in total. The van der Waals surface area contributed by atoms with Gasteiger partial charge in [-0.15, -0.1) is 0 Å². The quantitative estimate of drug-likeness (QED) is 0.162. The standard InChI is InChI=1S/C43H47ClN6/c1-28-5-9-40-35(19-28)38-23-34(48(4)26-42(38)50(40)27-43(14-15-43)31-11-16-45-17-12-31)22-33-8-6-30(24-46-33)13-18-49-39-10-7-32(44)21-37(39)36-20-29(2)47(3)25-41(36)49/h5-12,16-17,19,21,24,29,34H,13-15,18,20,22-23,25-27H2,1-4H3. The van der Waals surface area contributed by atoms with E-state index in [0.717, 1.165) is 56.9 Å². The number of nitrogens with zero attached hydrogens (tertiary/aromatic N) is 6. The van der Waals surface area contributed by atoms with Crippen LogP contribution in [0.4, 0.5) is 0 Å². The first-order valence-corrected chi connectivity index (χ1v) is 18.8. The summed E-state index contributed by atoms with van der Waals surface area (Å²) in [4.78, 5) is 14.4. The summed E-state index contributed by atoms with van der Waals surface area (Å²) in [6.45, 7) is 8.46.